The maximum absolute atomic E-state index is 12.5. The lowest BCUT2D eigenvalue weighted by Crippen LogP contribution is -2.42. The number of rotatable bonds is 3. The molecule has 0 saturated carbocycles. The molecule has 4 aromatic rings. The van der Waals surface area contributed by atoms with Crippen LogP contribution in [0.4, 0.5) is 0 Å². The summed E-state index contributed by atoms with van der Waals surface area (Å²) in [4.78, 5) is 37.0. The number of nitrogens with zero attached hydrogens (tertiary/aromatic N) is 6. The van der Waals surface area contributed by atoms with Crippen molar-refractivity contribution < 1.29 is 9.59 Å². The van der Waals surface area contributed by atoms with Gasteiger partial charge >= 0.3 is 0 Å². The fourth-order valence-corrected chi connectivity index (χ4v) is 2.76. The van der Waals surface area contributed by atoms with E-state index in [-0.39, 0.29) is 11.3 Å². The summed E-state index contributed by atoms with van der Waals surface area (Å²) < 4.78 is 2.52. The van der Waals surface area contributed by atoms with Crippen molar-refractivity contribution in [1.29, 1.82) is 0 Å². The molecule has 0 aliphatic heterocycles. The third kappa shape index (κ3) is 3.43. The molecule has 2 aromatic carbocycles. The average Bonchev–Trinajstić information content (AvgIpc) is 3.29. The van der Waals surface area contributed by atoms with E-state index in [1.54, 1.807) is 48.5 Å². The van der Waals surface area contributed by atoms with E-state index in [0.29, 0.717) is 22.0 Å². The first kappa shape index (κ1) is 18.0. The number of carbonyl (C=O) groups excluding carboxylic acids is 2. The first-order valence-corrected chi connectivity index (χ1v) is 8.45. The second-order valence-electron chi connectivity index (χ2n) is 6.03. The van der Waals surface area contributed by atoms with Gasteiger partial charge in [0.05, 0.1) is 11.1 Å². The van der Waals surface area contributed by atoms with Crippen molar-refractivity contribution in [2.75, 3.05) is 0 Å². The summed E-state index contributed by atoms with van der Waals surface area (Å²) in [7, 11) is 1.45. The van der Waals surface area contributed by atoms with Crippen LogP contribution in [0.3, 0.4) is 0 Å². The Morgan fingerprint density at radius 1 is 0.931 bits per heavy atom. The fraction of sp³-hybridized carbons (Fsp3) is 0.0556. The Balaban J connectivity index is 1.50. The van der Waals surface area contributed by atoms with Gasteiger partial charge in [0.25, 0.3) is 17.4 Å². The number of aromatic nitrogens is 6. The van der Waals surface area contributed by atoms with Gasteiger partial charge in [0.15, 0.2) is 5.69 Å². The number of hydrazine groups is 1. The van der Waals surface area contributed by atoms with Gasteiger partial charge in [0, 0.05) is 18.0 Å². The quantitative estimate of drug-likeness (QED) is 0.469. The van der Waals surface area contributed by atoms with Gasteiger partial charge in [-0.1, -0.05) is 18.2 Å². The van der Waals surface area contributed by atoms with Crippen molar-refractivity contribution in [3.8, 4) is 5.69 Å². The average molecular weight is 390 g/mol. The molecule has 0 aliphatic rings. The summed E-state index contributed by atoms with van der Waals surface area (Å²) in [5.74, 6) is -1.16. The first-order valence-electron chi connectivity index (χ1n) is 8.45. The van der Waals surface area contributed by atoms with Crippen molar-refractivity contribution >= 4 is 22.6 Å². The van der Waals surface area contributed by atoms with Crippen LogP contribution in [0.2, 0.25) is 0 Å². The molecule has 0 aliphatic carbocycles. The molecule has 0 radical (unpaired) electrons. The van der Waals surface area contributed by atoms with Gasteiger partial charge in [-0.15, -0.1) is 5.10 Å². The highest BCUT2D eigenvalue weighted by Crippen LogP contribution is 2.12. The first-order chi connectivity index (χ1) is 14.0. The number of carbonyl (C=O) groups is 2. The molecule has 2 amide bonds. The number of amides is 2. The standard InChI is InChI=1S/C18H14N8O3/c1-25-18(29)14-5-3-2-4-13(14)15(22-25)17(28)21-20-16(27)11-6-8-12(9-7-11)26-10-19-23-24-26/h2-10H,1H3,(H,20,27)(H,21,28). The minimum Gasteiger partial charge on any atom is -0.267 e. The van der Waals surface area contributed by atoms with Crippen LogP contribution in [0.15, 0.2) is 59.7 Å². The van der Waals surface area contributed by atoms with E-state index in [9.17, 15) is 14.4 Å². The molecule has 2 aromatic heterocycles. The summed E-state index contributed by atoms with van der Waals surface area (Å²) >= 11 is 0. The largest absolute Gasteiger partial charge is 0.290 e. The third-order valence-electron chi connectivity index (χ3n) is 4.20. The van der Waals surface area contributed by atoms with Gasteiger partial charge in [0.1, 0.15) is 6.33 Å². The van der Waals surface area contributed by atoms with E-state index in [2.05, 4.69) is 31.5 Å². The maximum atomic E-state index is 12.5. The molecule has 0 atom stereocenters. The SMILES string of the molecule is Cn1nc(C(=O)NNC(=O)c2ccc(-n3cnnn3)cc2)c2ccccc2c1=O. The van der Waals surface area contributed by atoms with E-state index >= 15 is 0 Å². The van der Waals surface area contributed by atoms with Crippen LogP contribution in [-0.2, 0) is 7.05 Å². The summed E-state index contributed by atoms with van der Waals surface area (Å²) in [6, 6.07) is 13.1. The number of benzene rings is 2. The molecule has 11 heteroatoms. The highest BCUT2D eigenvalue weighted by molar-refractivity contribution is 6.06. The lowest BCUT2D eigenvalue weighted by molar-refractivity contribution is 0.0844. The van der Waals surface area contributed by atoms with Crippen molar-refractivity contribution in [2.24, 2.45) is 7.05 Å². The minimum absolute atomic E-state index is 0.0250. The van der Waals surface area contributed by atoms with Gasteiger partial charge in [-0.2, -0.15) is 5.10 Å². The van der Waals surface area contributed by atoms with E-state index < -0.39 is 11.8 Å². The Bertz CT molecular complexity index is 1260. The lowest BCUT2D eigenvalue weighted by atomic mass is 10.1. The van der Waals surface area contributed by atoms with Crippen molar-refractivity contribution in [2.45, 2.75) is 0 Å². The molecule has 11 nitrogen and oxygen atoms in total. The third-order valence-corrected chi connectivity index (χ3v) is 4.20. The molecule has 4 rings (SSSR count). The van der Waals surface area contributed by atoms with Crippen LogP contribution in [0.5, 0.6) is 0 Å². The normalized spacial score (nSPS) is 10.7. The number of hydrogen-bond acceptors (Lipinski definition) is 7. The highest BCUT2D eigenvalue weighted by atomic mass is 16.2. The smallest absolute Gasteiger partial charge is 0.267 e. The predicted octanol–water partition coefficient (Wildman–Crippen LogP) is -0.0160. The molecule has 144 valence electrons. The van der Waals surface area contributed by atoms with Crippen LogP contribution in [0, 0.1) is 0 Å². The van der Waals surface area contributed by atoms with E-state index in [1.807, 2.05) is 0 Å². The zero-order valence-electron chi connectivity index (χ0n) is 15.1. The summed E-state index contributed by atoms with van der Waals surface area (Å²) in [6.07, 6.45) is 1.43. The Morgan fingerprint density at radius 2 is 1.62 bits per heavy atom. The summed E-state index contributed by atoms with van der Waals surface area (Å²) in [6.45, 7) is 0. The van der Waals surface area contributed by atoms with Crippen LogP contribution in [0.1, 0.15) is 20.8 Å². The monoisotopic (exact) mass is 390 g/mol. The Kier molecular flexibility index (Phi) is 4.53. The molecular weight excluding hydrogens is 376 g/mol. The van der Waals surface area contributed by atoms with Gasteiger partial charge in [0.2, 0.25) is 0 Å². The topological polar surface area (TPSA) is 137 Å². The molecule has 0 unspecified atom stereocenters. The van der Waals surface area contributed by atoms with Crippen LogP contribution in [-0.4, -0.2) is 41.8 Å². The van der Waals surface area contributed by atoms with Crippen molar-refractivity contribution in [1.82, 2.24) is 40.8 Å². The number of fused-ring (bicyclic) bond motifs is 1. The van der Waals surface area contributed by atoms with E-state index in [1.165, 1.54) is 18.1 Å². The van der Waals surface area contributed by atoms with E-state index in [0.717, 1.165) is 4.68 Å². The number of aryl methyl sites for hydroxylation is 1. The van der Waals surface area contributed by atoms with Crippen molar-refractivity contribution in [3.63, 3.8) is 0 Å². The maximum Gasteiger partial charge on any atom is 0.290 e. The zero-order chi connectivity index (χ0) is 20.4. The van der Waals surface area contributed by atoms with Crippen molar-refractivity contribution in [3.05, 3.63) is 76.5 Å². The number of tetrazole rings is 1. The summed E-state index contributed by atoms with van der Waals surface area (Å²) in [5, 5.41) is 15.6. The molecule has 2 heterocycles. The van der Waals surface area contributed by atoms with Crippen LogP contribution >= 0.6 is 0 Å². The Morgan fingerprint density at radius 3 is 2.31 bits per heavy atom. The molecular formula is C18H14N8O3. The Hall–Kier alpha value is -4.41. The van der Waals surface area contributed by atoms with Gasteiger partial charge < -0.3 is 0 Å². The van der Waals surface area contributed by atoms with Crippen LogP contribution in [0.25, 0.3) is 16.5 Å². The fourth-order valence-electron chi connectivity index (χ4n) is 2.76. The van der Waals surface area contributed by atoms with Crippen LogP contribution < -0.4 is 16.4 Å². The highest BCUT2D eigenvalue weighted by Gasteiger charge is 2.16. The predicted molar refractivity (Wildman–Crippen MR) is 101 cm³/mol. The molecule has 29 heavy (non-hydrogen) atoms. The number of hydrogen-bond donors (Lipinski definition) is 2. The molecule has 0 fully saturated rings. The molecule has 2 N–H and O–H groups in total. The van der Waals surface area contributed by atoms with Gasteiger partial charge in [-0.25, -0.2) is 9.36 Å². The summed E-state index contributed by atoms with van der Waals surface area (Å²) in [5.41, 5.74) is 5.37. The molecule has 0 spiro atoms. The van der Waals surface area contributed by atoms with Gasteiger partial charge in [-0.05, 0) is 40.8 Å². The second kappa shape index (κ2) is 7.31. The molecule has 0 saturated heterocycles. The lowest BCUT2D eigenvalue weighted by Gasteiger charge is -2.10. The van der Waals surface area contributed by atoms with E-state index in [4.69, 9.17) is 0 Å². The minimum atomic E-state index is -0.643. The Labute approximate surface area is 162 Å². The van der Waals surface area contributed by atoms with Gasteiger partial charge in [-0.3, -0.25) is 25.2 Å². The molecule has 0 bridgehead atoms. The second-order valence-corrected chi connectivity index (χ2v) is 6.03. The number of nitrogens with one attached hydrogen (secondary N) is 2. The zero-order valence-corrected chi connectivity index (χ0v) is 15.1.